The Bertz CT molecular complexity index is 2090. The van der Waals surface area contributed by atoms with E-state index in [2.05, 4.69) is 100 Å². The highest BCUT2D eigenvalue weighted by Gasteiger charge is 2.37. The first kappa shape index (κ1) is 24.8. The van der Waals surface area contributed by atoms with Gasteiger partial charge in [0.2, 0.25) is 0 Å². The molecule has 0 unspecified atom stereocenters. The molecule has 0 saturated heterocycles. The third-order valence-corrected chi connectivity index (χ3v) is 9.60. The molecule has 5 aromatic carbocycles. The van der Waals surface area contributed by atoms with Crippen LogP contribution in [-0.2, 0) is 10.8 Å². The maximum Gasteiger partial charge on any atom is 0.321 e. The first-order valence-corrected chi connectivity index (χ1v) is 14.5. The first-order chi connectivity index (χ1) is 20.2. The predicted octanol–water partition coefficient (Wildman–Crippen LogP) is 7.75. The van der Waals surface area contributed by atoms with Crippen molar-refractivity contribution in [3.05, 3.63) is 152 Å². The van der Waals surface area contributed by atoms with Crippen LogP contribution in [0.15, 0.2) is 119 Å². The monoisotopic (exact) mass is 546 g/mol. The van der Waals surface area contributed by atoms with Crippen LogP contribution in [-0.4, -0.2) is 9.13 Å². The van der Waals surface area contributed by atoms with Gasteiger partial charge in [-0.05, 0) is 80.9 Å². The van der Waals surface area contributed by atoms with E-state index in [0.29, 0.717) is 22.4 Å². The van der Waals surface area contributed by atoms with Crippen LogP contribution < -0.4 is 11.1 Å². The van der Waals surface area contributed by atoms with Gasteiger partial charge in [-0.2, -0.15) is 0 Å². The molecular weight excluding hydrogens is 516 g/mol. The van der Waals surface area contributed by atoms with Gasteiger partial charge in [-0.1, -0.05) is 100 Å². The van der Waals surface area contributed by atoms with Crippen molar-refractivity contribution in [2.75, 3.05) is 0 Å². The van der Waals surface area contributed by atoms with Crippen molar-refractivity contribution >= 4 is 11.0 Å². The molecule has 4 heteroatoms. The number of para-hydroxylation sites is 2. The Morgan fingerprint density at radius 1 is 0.429 bits per heavy atom. The van der Waals surface area contributed by atoms with E-state index < -0.39 is 11.1 Å². The number of nitrogens with zero attached hydrogens (tertiary/aromatic N) is 2. The summed E-state index contributed by atoms with van der Waals surface area (Å²) >= 11 is 0. The Hall–Kier alpha value is -4.96. The fourth-order valence-electron chi connectivity index (χ4n) is 7.43. The maximum atomic E-state index is 14.0. The number of hydrogen-bond acceptors (Lipinski definition) is 2. The minimum Gasteiger partial charge on any atom is -0.271 e. The molecule has 0 bridgehead atoms. The molecule has 0 saturated carbocycles. The van der Waals surface area contributed by atoms with Gasteiger partial charge in [0, 0.05) is 22.2 Å². The molecule has 204 valence electrons. The van der Waals surface area contributed by atoms with Crippen LogP contribution >= 0.6 is 0 Å². The number of fused-ring (bicyclic) bond motifs is 7. The molecule has 0 N–H and O–H groups in total. The lowest BCUT2D eigenvalue weighted by atomic mass is 9.82. The fraction of sp³-hybridized carbons (Fsp3) is 0.158. The van der Waals surface area contributed by atoms with Crippen LogP contribution in [0.2, 0.25) is 0 Å². The average Bonchev–Trinajstić information content (AvgIpc) is 3.37. The van der Waals surface area contributed by atoms with Crippen molar-refractivity contribution < 1.29 is 0 Å². The summed E-state index contributed by atoms with van der Waals surface area (Å²) in [6, 6.07) is 36.9. The van der Waals surface area contributed by atoms with Crippen LogP contribution in [0.4, 0.5) is 0 Å². The first-order valence-electron chi connectivity index (χ1n) is 14.5. The Morgan fingerprint density at radius 3 is 1.21 bits per heavy atom. The molecule has 8 rings (SSSR count). The molecule has 2 aliphatic carbocycles. The number of benzene rings is 5. The molecule has 0 spiro atoms. The Morgan fingerprint density at radius 2 is 0.786 bits per heavy atom. The van der Waals surface area contributed by atoms with E-state index in [1.807, 2.05) is 36.4 Å². The Balaban J connectivity index is 1.35. The van der Waals surface area contributed by atoms with Gasteiger partial charge >= 0.3 is 11.1 Å². The molecule has 42 heavy (non-hydrogen) atoms. The third kappa shape index (κ3) is 3.12. The molecule has 2 aliphatic rings. The molecule has 1 aromatic heterocycles. The van der Waals surface area contributed by atoms with E-state index in [1.165, 1.54) is 33.4 Å². The molecule has 0 aliphatic heterocycles. The smallest absolute Gasteiger partial charge is 0.271 e. The summed E-state index contributed by atoms with van der Waals surface area (Å²) in [7, 11) is 0. The summed E-state index contributed by atoms with van der Waals surface area (Å²) in [5, 5.41) is 0. The van der Waals surface area contributed by atoms with Gasteiger partial charge in [0.15, 0.2) is 0 Å². The summed E-state index contributed by atoms with van der Waals surface area (Å²) in [5.74, 6) is 0. The van der Waals surface area contributed by atoms with E-state index in [-0.39, 0.29) is 10.8 Å². The molecular formula is C38H30N2O2. The van der Waals surface area contributed by atoms with Gasteiger partial charge < -0.3 is 0 Å². The highest BCUT2D eigenvalue weighted by molar-refractivity contribution is 5.85. The number of hydrogen-bond donors (Lipinski definition) is 0. The van der Waals surface area contributed by atoms with E-state index in [1.54, 1.807) is 9.13 Å². The average molecular weight is 547 g/mol. The molecule has 0 fully saturated rings. The van der Waals surface area contributed by atoms with E-state index >= 15 is 0 Å². The van der Waals surface area contributed by atoms with Crippen LogP contribution in [0.25, 0.3) is 44.7 Å². The zero-order valence-electron chi connectivity index (χ0n) is 24.1. The third-order valence-electron chi connectivity index (χ3n) is 9.60. The van der Waals surface area contributed by atoms with Gasteiger partial charge in [-0.25, -0.2) is 0 Å². The van der Waals surface area contributed by atoms with Crippen molar-refractivity contribution in [3.63, 3.8) is 0 Å². The largest absolute Gasteiger partial charge is 0.321 e. The number of aromatic nitrogens is 2. The molecule has 1 heterocycles. The topological polar surface area (TPSA) is 44.0 Å². The lowest BCUT2D eigenvalue weighted by molar-refractivity contribution is 0.659. The second-order valence-corrected chi connectivity index (χ2v) is 12.6. The van der Waals surface area contributed by atoms with E-state index in [4.69, 9.17) is 0 Å². The molecule has 0 amide bonds. The Kier molecular flexibility index (Phi) is 4.90. The standard InChI is InChI=1S/C38H30N2O2/c1-37(2)29-13-7-5-11-25(29)27-19-17-23(21-31(27)37)39-33-15-9-10-16-34(33)40(36(42)35(39)41)24-18-20-28-26-12-6-8-14-30(26)38(3,4)32(28)22-24/h5-22H,1-4H3. The quantitative estimate of drug-likeness (QED) is 0.208. The molecule has 4 nitrogen and oxygen atoms in total. The minimum atomic E-state index is -0.565. The van der Waals surface area contributed by atoms with Crippen molar-refractivity contribution in [2.24, 2.45) is 0 Å². The lowest BCUT2D eigenvalue weighted by Crippen LogP contribution is -2.40. The zero-order valence-corrected chi connectivity index (χ0v) is 24.1. The second-order valence-electron chi connectivity index (χ2n) is 12.6. The van der Waals surface area contributed by atoms with Crippen LogP contribution in [0, 0.1) is 0 Å². The molecule has 0 radical (unpaired) electrons. The van der Waals surface area contributed by atoms with Gasteiger partial charge in [-0.15, -0.1) is 0 Å². The fourth-order valence-corrected chi connectivity index (χ4v) is 7.43. The lowest BCUT2D eigenvalue weighted by Gasteiger charge is -2.23. The predicted molar refractivity (Wildman–Crippen MR) is 170 cm³/mol. The van der Waals surface area contributed by atoms with Gasteiger partial charge in [0.25, 0.3) is 0 Å². The van der Waals surface area contributed by atoms with Crippen molar-refractivity contribution in [2.45, 2.75) is 38.5 Å². The minimum absolute atomic E-state index is 0.217. The SMILES string of the molecule is CC1(C)c2ccccc2-c2ccc(-n3c(=O)c(=O)n(-c4ccc5c(c4)C(C)(C)c4ccccc4-5)c4ccccc43)cc21. The summed E-state index contributed by atoms with van der Waals surface area (Å²) in [5.41, 5.74) is 10.9. The molecule has 0 atom stereocenters. The number of rotatable bonds is 2. The highest BCUT2D eigenvalue weighted by atomic mass is 16.2. The summed E-state index contributed by atoms with van der Waals surface area (Å²) < 4.78 is 3.17. The van der Waals surface area contributed by atoms with E-state index in [9.17, 15) is 9.59 Å². The van der Waals surface area contributed by atoms with Crippen molar-refractivity contribution in [1.29, 1.82) is 0 Å². The van der Waals surface area contributed by atoms with E-state index in [0.717, 1.165) is 11.1 Å². The normalized spacial score (nSPS) is 15.2. The summed E-state index contributed by atoms with van der Waals surface area (Å²) in [4.78, 5) is 28.1. The van der Waals surface area contributed by atoms with Gasteiger partial charge in [0.05, 0.1) is 11.0 Å². The van der Waals surface area contributed by atoms with Crippen molar-refractivity contribution in [3.8, 4) is 33.6 Å². The van der Waals surface area contributed by atoms with Gasteiger partial charge in [-0.3, -0.25) is 18.7 Å². The second kappa shape index (κ2) is 8.29. The van der Waals surface area contributed by atoms with Crippen LogP contribution in [0.5, 0.6) is 0 Å². The van der Waals surface area contributed by atoms with Crippen LogP contribution in [0.1, 0.15) is 49.9 Å². The molecule has 6 aromatic rings. The summed E-state index contributed by atoms with van der Waals surface area (Å²) in [6.07, 6.45) is 0. The summed E-state index contributed by atoms with van der Waals surface area (Å²) in [6.45, 7) is 8.86. The Labute approximate surface area is 244 Å². The maximum absolute atomic E-state index is 14.0. The van der Waals surface area contributed by atoms with Gasteiger partial charge in [0.1, 0.15) is 0 Å². The zero-order chi connectivity index (χ0) is 29.0. The van der Waals surface area contributed by atoms with Crippen molar-refractivity contribution in [1.82, 2.24) is 9.13 Å². The highest BCUT2D eigenvalue weighted by Crippen LogP contribution is 2.50. The van der Waals surface area contributed by atoms with Crippen LogP contribution in [0.3, 0.4) is 0 Å².